The van der Waals surface area contributed by atoms with Crippen molar-refractivity contribution in [2.24, 2.45) is 10.8 Å². The van der Waals surface area contributed by atoms with Crippen LogP contribution in [0.4, 0.5) is 8.78 Å². The Hall–Kier alpha value is -1.53. The van der Waals surface area contributed by atoms with Gasteiger partial charge in [-0.2, -0.15) is 0 Å². The molecular formula is C20H32F2O5. The number of hydrogen-bond donors (Lipinski definition) is 0. The normalized spacial score (nSPS) is 19.4. The summed E-state index contributed by atoms with van der Waals surface area (Å²) in [4.78, 5) is 33.1. The highest BCUT2D eigenvalue weighted by atomic mass is 19.3. The summed E-state index contributed by atoms with van der Waals surface area (Å²) in [5, 5.41) is 0. The number of rotatable bonds is 6. The van der Waals surface area contributed by atoms with E-state index in [1.165, 1.54) is 0 Å². The lowest BCUT2D eigenvalue weighted by molar-refractivity contribution is -0.158. The fraction of sp³-hybridized carbons (Fsp3) is 0.850. The smallest absolute Gasteiger partial charge is 0.307 e. The van der Waals surface area contributed by atoms with Gasteiger partial charge in [0, 0.05) is 10.8 Å². The third-order valence-electron chi connectivity index (χ3n) is 4.33. The molecule has 0 heterocycles. The van der Waals surface area contributed by atoms with Crippen LogP contribution in [0.1, 0.15) is 80.1 Å². The molecule has 0 amide bonds. The molecule has 0 aromatic heterocycles. The van der Waals surface area contributed by atoms with E-state index in [1.807, 2.05) is 20.8 Å². The fourth-order valence-electron chi connectivity index (χ4n) is 2.46. The molecule has 0 atom stereocenters. The Morgan fingerprint density at radius 2 is 1.30 bits per heavy atom. The van der Waals surface area contributed by atoms with Crippen molar-refractivity contribution in [3.63, 3.8) is 0 Å². The topological polar surface area (TPSA) is 69.7 Å². The van der Waals surface area contributed by atoms with Crippen LogP contribution < -0.4 is 0 Å². The minimum Gasteiger partial charge on any atom is -0.460 e. The molecule has 156 valence electrons. The van der Waals surface area contributed by atoms with Crippen molar-refractivity contribution in [3.8, 4) is 0 Å². The van der Waals surface area contributed by atoms with Gasteiger partial charge >= 0.3 is 11.9 Å². The predicted molar refractivity (Wildman–Crippen MR) is 96.3 cm³/mol. The Bertz CT molecular complexity index is 550. The monoisotopic (exact) mass is 390 g/mol. The van der Waals surface area contributed by atoms with Crippen LogP contribution in [-0.2, 0) is 23.9 Å². The minimum absolute atomic E-state index is 0.151. The number of carbonyl (C=O) groups is 3. The number of hydrogen-bond acceptors (Lipinski definition) is 5. The lowest BCUT2D eigenvalue weighted by atomic mass is 10.0. The molecule has 5 nitrogen and oxygen atoms in total. The Balaban J connectivity index is 0.000000271. The molecule has 0 aromatic rings. The van der Waals surface area contributed by atoms with E-state index in [2.05, 4.69) is 0 Å². The van der Waals surface area contributed by atoms with Crippen molar-refractivity contribution in [3.05, 3.63) is 0 Å². The van der Waals surface area contributed by atoms with Gasteiger partial charge < -0.3 is 14.3 Å². The first-order chi connectivity index (χ1) is 12.1. The third-order valence-corrected chi connectivity index (χ3v) is 4.33. The summed E-state index contributed by atoms with van der Waals surface area (Å²) in [6.45, 7) is 10.7. The Morgan fingerprint density at radius 3 is 1.56 bits per heavy atom. The molecule has 7 heteroatoms. The molecule has 0 N–H and O–H groups in total. The Labute approximate surface area is 160 Å². The first-order valence-electron chi connectivity index (χ1n) is 9.30. The van der Waals surface area contributed by atoms with E-state index in [9.17, 15) is 23.2 Å². The molecule has 0 saturated heterocycles. The molecule has 2 rings (SSSR count). The zero-order valence-electron chi connectivity index (χ0n) is 17.2. The maximum Gasteiger partial charge on any atom is 0.307 e. The SMILES string of the molecule is CC(C)(C)OC(=O)CC1(C(F)F)CC1.CC(C)(C)OC(=O)CC1(C=O)CC1. The zero-order valence-corrected chi connectivity index (χ0v) is 17.2. The number of aldehydes is 1. The average molecular weight is 390 g/mol. The number of carbonyl (C=O) groups excluding carboxylic acids is 3. The molecule has 2 aliphatic rings. The van der Waals surface area contributed by atoms with Gasteiger partial charge in [0.1, 0.15) is 17.5 Å². The summed E-state index contributed by atoms with van der Waals surface area (Å²) in [6, 6.07) is 0. The van der Waals surface area contributed by atoms with Crippen molar-refractivity contribution < 1.29 is 32.6 Å². The highest BCUT2D eigenvalue weighted by Gasteiger charge is 2.53. The van der Waals surface area contributed by atoms with Crippen LogP contribution in [0, 0.1) is 10.8 Å². The summed E-state index contributed by atoms with van der Waals surface area (Å²) in [6.07, 6.45) is 1.10. The maximum absolute atomic E-state index is 12.5. The summed E-state index contributed by atoms with van der Waals surface area (Å²) in [5.74, 6) is -0.785. The van der Waals surface area contributed by atoms with Crippen molar-refractivity contribution in [1.82, 2.24) is 0 Å². The summed E-state index contributed by atoms with van der Waals surface area (Å²) < 4.78 is 35.0. The molecule has 0 aliphatic heterocycles. The van der Waals surface area contributed by atoms with Crippen LogP contribution in [0.5, 0.6) is 0 Å². The van der Waals surface area contributed by atoms with E-state index < -0.39 is 29.0 Å². The van der Waals surface area contributed by atoms with Gasteiger partial charge in [-0.1, -0.05) is 0 Å². The van der Waals surface area contributed by atoms with Crippen LogP contribution in [0.15, 0.2) is 0 Å². The first kappa shape index (κ1) is 23.5. The molecule has 27 heavy (non-hydrogen) atoms. The molecule has 0 spiro atoms. The predicted octanol–water partition coefficient (Wildman–Crippen LogP) is 4.46. The van der Waals surface area contributed by atoms with E-state index >= 15 is 0 Å². The van der Waals surface area contributed by atoms with Crippen molar-refractivity contribution >= 4 is 18.2 Å². The van der Waals surface area contributed by atoms with E-state index in [0.29, 0.717) is 12.8 Å². The van der Waals surface area contributed by atoms with E-state index in [1.54, 1.807) is 20.8 Å². The van der Waals surface area contributed by atoms with E-state index in [4.69, 9.17) is 9.47 Å². The molecule has 0 aromatic carbocycles. The number of esters is 2. The summed E-state index contributed by atoms with van der Waals surface area (Å²) in [7, 11) is 0. The third kappa shape index (κ3) is 8.80. The van der Waals surface area contributed by atoms with Crippen LogP contribution in [0.2, 0.25) is 0 Å². The lowest BCUT2D eigenvalue weighted by Gasteiger charge is -2.21. The Morgan fingerprint density at radius 1 is 0.889 bits per heavy atom. The van der Waals surface area contributed by atoms with Crippen molar-refractivity contribution in [2.75, 3.05) is 0 Å². The van der Waals surface area contributed by atoms with E-state index in [-0.39, 0.29) is 24.2 Å². The molecular weight excluding hydrogens is 358 g/mol. The largest absolute Gasteiger partial charge is 0.460 e. The minimum atomic E-state index is -2.41. The van der Waals surface area contributed by atoms with Gasteiger partial charge in [0.15, 0.2) is 0 Å². The maximum atomic E-state index is 12.5. The standard InChI is InChI=1S/C10H16F2O2.C10H16O3/c1-9(2,3)14-7(13)6-10(4-5-10)8(11)12;1-9(2,3)13-8(12)6-10(7-11)4-5-10/h8H,4-6H2,1-3H3;7H,4-6H2,1-3H3. The number of ether oxygens (including phenoxy) is 2. The van der Waals surface area contributed by atoms with Crippen molar-refractivity contribution in [1.29, 1.82) is 0 Å². The van der Waals surface area contributed by atoms with Crippen LogP contribution in [0.3, 0.4) is 0 Å². The molecule has 2 fully saturated rings. The van der Waals surface area contributed by atoms with Crippen LogP contribution in [0.25, 0.3) is 0 Å². The average Bonchev–Trinajstić information content (AvgIpc) is 3.32. The first-order valence-corrected chi connectivity index (χ1v) is 9.30. The number of alkyl halides is 2. The van der Waals surface area contributed by atoms with E-state index in [0.717, 1.165) is 19.1 Å². The second-order valence-corrected chi connectivity index (χ2v) is 9.67. The molecule has 0 unspecified atom stereocenters. The zero-order chi connectivity index (χ0) is 21.1. The fourth-order valence-corrected chi connectivity index (χ4v) is 2.46. The Kier molecular flexibility index (Phi) is 7.17. The highest BCUT2D eigenvalue weighted by molar-refractivity contribution is 5.78. The summed E-state index contributed by atoms with van der Waals surface area (Å²) >= 11 is 0. The second-order valence-electron chi connectivity index (χ2n) is 9.67. The summed E-state index contributed by atoms with van der Waals surface area (Å²) in [5.41, 5.74) is -2.48. The van der Waals surface area contributed by atoms with Crippen LogP contribution >= 0.6 is 0 Å². The molecule has 2 aliphatic carbocycles. The lowest BCUT2D eigenvalue weighted by Crippen LogP contribution is -2.27. The molecule has 0 radical (unpaired) electrons. The van der Waals surface area contributed by atoms with Crippen LogP contribution in [-0.4, -0.2) is 35.9 Å². The number of halogens is 2. The van der Waals surface area contributed by atoms with Crippen molar-refractivity contribution in [2.45, 2.75) is 97.7 Å². The van der Waals surface area contributed by atoms with Gasteiger partial charge in [-0.15, -0.1) is 0 Å². The van der Waals surface area contributed by atoms with Gasteiger partial charge in [-0.05, 0) is 67.2 Å². The highest BCUT2D eigenvalue weighted by Crippen LogP contribution is 2.53. The van der Waals surface area contributed by atoms with Gasteiger partial charge in [-0.3, -0.25) is 9.59 Å². The van der Waals surface area contributed by atoms with Gasteiger partial charge in [0.05, 0.1) is 12.8 Å². The second kappa shape index (κ2) is 8.23. The quantitative estimate of drug-likeness (QED) is 0.495. The molecule has 2 saturated carbocycles. The molecule has 0 bridgehead atoms. The van der Waals surface area contributed by atoms with Gasteiger partial charge in [0.25, 0.3) is 0 Å². The van der Waals surface area contributed by atoms with Gasteiger partial charge in [0.2, 0.25) is 6.43 Å². The van der Waals surface area contributed by atoms with Gasteiger partial charge in [-0.25, -0.2) is 8.78 Å².